The van der Waals surface area contributed by atoms with Crippen molar-refractivity contribution in [1.29, 1.82) is 0 Å². The first-order valence-corrected chi connectivity index (χ1v) is 7.25. The van der Waals surface area contributed by atoms with Crippen molar-refractivity contribution in [3.05, 3.63) is 12.2 Å². The van der Waals surface area contributed by atoms with E-state index in [0.29, 0.717) is 5.92 Å². The molecule has 4 nitrogen and oxygen atoms in total. The van der Waals surface area contributed by atoms with Gasteiger partial charge in [-0.15, -0.1) is 0 Å². The number of morpholine rings is 1. The van der Waals surface area contributed by atoms with E-state index in [2.05, 4.69) is 12.2 Å². The highest BCUT2D eigenvalue weighted by Crippen LogP contribution is 2.28. The Labute approximate surface area is 109 Å². The van der Waals surface area contributed by atoms with E-state index in [1.165, 1.54) is 12.8 Å². The Hall–Kier alpha value is -0.420. The van der Waals surface area contributed by atoms with Crippen molar-refractivity contribution < 1.29 is 19.1 Å². The van der Waals surface area contributed by atoms with Crippen LogP contribution in [0.1, 0.15) is 19.3 Å². The third kappa shape index (κ3) is 3.12. The number of allylic oxidation sites excluding steroid dienone is 2. The highest BCUT2D eigenvalue weighted by molar-refractivity contribution is 4.91. The van der Waals surface area contributed by atoms with Gasteiger partial charge in [-0.25, -0.2) is 0 Å². The van der Waals surface area contributed by atoms with Crippen LogP contribution in [0.3, 0.4) is 0 Å². The molecule has 0 saturated carbocycles. The van der Waals surface area contributed by atoms with Crippen LogP contribution in [0.25, 0.3) is 0 Å². The molecule has 0 radical (unpaired) electrons. The summed E-state index contributed by atoms with van der Waals surface area (Å²) in [5.74, 6) is 0.569. The van der Waals surface area contributed by atoms with E-state index in [1.54, 1.807) is 4.90 Å². The molecule has 1 N–H and O–H groups in total. The highest BCUT2D eigenvalue weighted by atomic mass is 16.7. The highest BCUT2D eigenvalue weighted by Gasteiger charge is 2.34. The number of rotatable bonds is 3. The second-order valence-electron chi connectivity index (χ2n) is 5.57. The first-order valence-electron chi connectivity index (χ1n) is 7.25. The first-order chi connectivity index (χ1) is 8.92. The number of hydrogen-bond acceptors (Lipinski definition) is 3. The maximum Gasteiger partial charge on any atom is 0.161 e. The van der Waals surface area contributed by atoms with Gasteiger partial charge in [0, 0.05) is 5.92 Å². The zero-order chi connectivity index (χ0) is 12.2. The number of quaternary nitrogens is 1. The maximum atomic E-state index is 6.09. The van der Waals surface area contributed by atoms with Gasteiger partial charge in [-0.3, -0.25) is 0 Å². The summed E-state index contributed by atoms with van der Waals surface area (Å²) in [6.07, 6.45) is 8.35. The van der Waals surface area contributed by atoms with Crippen LogP contribution in [0, 0.1) is 5.92 Å². The van der Waals surface area contributed by atoms with E-state index >= 15 is 0 Å². The molecule has 0 aromatic rings. The zero-order valence-corrected chi connectivity index (χ0v) is 11.0. The van der Waals surface area contributed by atoms with Gasteiger partial charge in [0.05, 0.1) is 19.8 Å². The van der Waals surface area contributed by atoms with Gasteiger partial charge in [-0.2, -0.15) is 0 Å². The fraction of sp³-hybridized carbons (Fsp3) is 0.857. The molecule has 3 atom stereocenters. The minimum absolute atomic E-state index is 0.0420. The maximum absolute atomic E-state index is 6.09. The van der Waals surface area contributed by atoms with E-state index < -0.39 is 0 Å². The normalized spacial score (nSPS) is 38.1. The van der Waals surface area contributed by atoms with Crippen molar-refractivity contribution in [1.82, 2.24) is 0 Å². The topological polar surface area (TPSA) is 32.1 Å². The largest absolute Gasteiger partial charge is 0.370 e. The summed E-state index contributed by atoms with van der Waals surface area (Å²) in [4.78, 5) is 1.60. The molecule has 3 rings (SSSR count). The minimum Gasteiger partial charge on any atom is -0.370 e. The Kier molecular flexibility index (Phi) is 4.31. The van der Waals surface area contributed by atoms with Crippen molar-refractivity contribution in [3.63, 3.8) is 0 Å². The molecule has 2 heterocycles. The molecule has 2 saturated heterocycles. The van der Waals surface area contributed by atoms with Crippen molar-refractivity contribution in [2.24, 2.45) is 5.92 Å². The van der Waals surface area contributed by atoms with Crippen molar-refractivity contribution in [2.75, 3.05) is 39.5 Å². The Balaban J connectivity index is 1.44. The SMILES string of the molecule is C1=CC[C@@H]([C@H]2OC[C@H](C[NH+]3CCOCC3)O2)CC1. The summed E-state index contributed by atoms with van der Waals surface area (Å²) < 4.78 is 17.3. The molecule has 18 heavy (non-hydrogen) atoms. The molecule has 3 aliphatic rings. The Bertz CT molecular complexity index is 289. The summed E-state index contributed by atoms with van der Waals surface area (Å²) in [6.45, 7) is 5.84. The molecule has 2 fully saturated rings. The Morgan fingerprint density at radius 1 is 1.17 bits per heavy atom. The summed E-state index contributed by atoms with van der Waals surface area (Å²) in [5.41, 5.74) is 0. The Morgan fingerprint density at radius 2 is 2.06 bits per heavy atom. The average Bonchev–Trinajstić information content (AvgIpc) is 2.89. The van der Waals surface area contributed by atoms with Crippen molar-refractivity contribution in [2.45, 2.75) is 31.7 Å². The monoisotopic (exact) mass is 254 g/mol. The van der Waals surface area contributed by atoms with Crippen LogP contribution in [-0.4, -0.2) is 51.8 Å². The fourth-order valence-electron chi connectivity index (χ4n) is 3.08. The molecule has 0 unspecified atom stereocenters. The summed E-state index contributed by atoms with van der Waals surface area (Å²) in [5, 5.41) is 0. The van der Waals surface area contributed by atoms with Crippen LogP contribution in [-0.2, 0) is 14.2 Å². The van der Waals surface area contributed by atoms with E-state index in [-0.39, 0.29) is 12.4 Å². The van der Waals surface area contributed by atoms with Crippen molar-refractivity contribution in [3.8, 4) is 0 Å². The van der Waals surface area contributed by atoms with Crippen LogP contribution in [0.5, 0.6) is 0 Å². The van der Waals surface area contributed by atoms with Gasteiger partial charge in [-0.1, -0.05) is 12.2 Å². The van der Waals surface area contributed by atoms with Gasteiger partial charge in [0.15, 0.2) is 6.29 Å². The van der Waals surface area contributed by atoms with Gasteiger partial charge in [0.1, 0.15) is 25.7 Å². The molecule has 102 valence electrons. The minimum atomic E-state index is 0.0420. The third-order valence-corrected chi connectivity index (χ3v) is 4.18. The van der Waals surface area contributed by atoms with Crippen LogP contribution >= 0.6 is 0 Å². The van der Waals surface area contributed by atoms with Crippen LogP contribution in [0.2, 0.25) is 0 Å². The molecule has 0 aromatic carbocycles. The first kappa shape index (κ1) is 12.6. The van der Waals surface area contributed by atoms with E-state index in [0.717, 1.165) is 45.9 Å². The number of nitrogens with one attached hydrogen (secondary N) is 1. The molecular weight excluding hydrogens is 230 g/mol. The van der Waals surface area contributed by atoms with Gasteiger partial charge in [0.2, 0.25) is 0 Å². The lowest BCUT2D eigenvalue weighted by Gasteiger charge is -2.26. The number of hydrogen-bond donors (Lipinski definition) is 1. The molecule has 1 aliphatic carbocycles. The average molecular weight is 254 g/mol. The van der Waals surface area contributed by atoms with E-state index in [4.69, 9.17) is 14.2 Å². The fourth-order valence-corrected chi connectivity index (χ4v) is 3.08. The second-order valence-corrected chi connectivity index (χ2v) is 5.57. The molecular formula is C14H24NO3+. The summed E-state index contributed by atoms with van der Waals surface area (Å²) in [7, 11) is 0. The lowest BCUT2D eigenvalue weighted by atomic mass is 9.94. The lowest BCUT2D eigenvalue weighted by molar-refractivity contribution is -0.910. The zero-order valence-electron chi connectivity index (χ0n) is 11.0. The third-order valence-electron chi connectivity index (χ3n) is 4.18. The quantitative estimate of drug-likeness (QED) is 0.720. The molecule has 4 heteroatoms. The predicted octanol–water partition coefficient (Wildman–Crippen LogP) is -0.000700. The number of ether oxygens (including phenoxy) is 3. The standard InChI is InChI=1S/C14H23NO3/c1-2-4-12(5-3-1)14-17-11-13(18-14)10-15-6-8-16-9-7-15/h1-2,12-14H,3-11H2/p+1/t12-,13+,14+/m1/s1. The summed E-state index contributed by atoms with van der Waals surface area (Å²) >= 11 is 0. The lowest BCUT2D eigenvalue weighted by Crippen LogP contribution is -3.15. The van der Waals surface area contributed by atoms with Crippen LogP contribution in [0.15, 0.2) is 12.2 Å². The van der Waals surface area contributed by atoms with Gasteiger partial charge < -0.3 is 19.1 Å². The van der Waals surface area contributed by atoms with Gasteiger partial charge in [-0.05, 0) is 19.3 Å². The molecule has 0 aromatic heterocycles. The molecule has 0 amide bonds. The predicted molar refractivity (Wildman–Crippen MR) is 67.5 cm³/mol. The van der Waals surface area contributed by atoms with Crippen LogP contribution in [0.4, 0.5) is 0 Å². The smallest absolute Gasteiger partial charge is 0.161 e. The van der Waals surface area contributed by atoms with E-state index in [1.807, 2.05) is 0 Å². The Morgan fingerprint density at radius 3 is 2.83 bits per heavy atom. The molecule has 0 spiro atoms. The summed E-state index contributed by atoms with van der Waals surface area (Å²) in [6, 6.07) is 0. The molecule has 0 bridgehead atoms. The second kappa shape index (κ2) is 6.15. The van der Waals surface area contributed by atoms with Gasteiger partial charge in [0.25, 0.3) is 0 Å². The molecule has 2 aliphatic heterocycles. The van der Waals surface area contributed by atoms with Gasteiger partial charge >= 0.3 is 0 Å². The van der Waals surface area contributed by atoms with Crippen molar-refractivity contribution >= 4 is 0 Å². The van der Waals surface area contributed by atoms with Crippen LogP contribution < -0.4 is 4.90 Å². The van der Waals surface area contributed by atoms with E-state index in [9.17, 15) is 0 Å².